The fraction of sp³-hybridized carbons (Fsp3) is 0.0526. The maximum atomic E-state index is 12.6. The van der Waals surface area contributed by atoms with Crippen molar-refractivity contribution in [2.45, 2.75) is 16.7 Å². The zero-order valence-corrected chi connectivity index (χ0v) is 18.2. The van der Waals surface area contributed by atoms with E-state index in [9.17, 15) is 16.8 Å². The molecular weight excluding hydrogens is 455 g/mol. The van der Waals surface area contributed by atoms with E-state index >= 15 is 0 Å². The number of nitrogens with one attached hydrogen (secondary N) is 2. The zero-order valence-electron chi connectivity index (χ0n) is 15.1. The number of hydrogen-bond donors (Lipinski definition) is 2. The molecule has 10 heteroatoms. The molecule has 0 saturated heterocycles. The number of hydrogen-bond acceptors (Lipinski definition) is 4. The summed E-state index contributed by atoms with van der Waals surface area (Å²) in [5.74, 6) is 0. The second-order valence-electron chi connectivity index (χ2n) is 6.15. The first-order chi connectivity index (χ1) is 13.6. The Hall–Kier alpha value is -2.26. The molecule has 152 valence electrons. The molecule has 0 aliphatic rings. The second kappa shape index (κ2) is 8.23. The molecule has 0 spiro atoms. The van der Waals surface area contributed by atoms with Crippen LogP contribution < -0.4 is 9.44 Å². The van der Waals surface area contributed by atoms with Crippen LogP contribution in [0, 0.1) is 6.92 Å². The fourth-order valence-corrected chi connectivity index (χ4v) is 4.92. The lowest BCUT2D eigenvalue weighted by molar-refractivity contribution is 0.600. The third kappa shape index (κ3) is 5.22. The van der Waals surface area contributed by atoms with E-state index in [4.69, 9.17) is 23.2 Å². The van der Waals surface area contributed by atoms with Crippen LogP contribution in [-0.2, 0) is 20.0 Å². The van der Waals surface area contributed by atoms with Crippen LogP contribution in [0.4, 0.5) is 11.4 Å². The lowest BCUT2D eigenvalue weighted by atomic mass is 10.2. The standard InChI is InChI=1S/C19H16Cl2N2O4S2/c1-13-2-3-15(21)12-19(13)23-29(26,27)18-10-6-16(7-11-18)22-28(24,25)17-8-4-14(20)5-9-17/h2-12,22-23H,1H3. The third-order valence-electron chi connectivity index (χ3n) is 3.98. The summed E-state index contributed by atoms with van der Waals surface area (Å²) in [7, 11) is -7.70. The predicted octanol–water partition coefficient (Wildman–Crippen LogP) is 4.90. The minimum atomic E-state index is -3.87. The smallest absolute Gasteiger partial charge is 0.261 e. The third-order valence-corrected chi connectivity index (χ3v) is 7.25. The largest absolute Gasteiger partial charge is 0.280 e. The van der Waals surface area contributed by atoms with E-state index < -0.39 is 20.0 Å². The average Bonchev–Trinajstić information content (AvgIpc) is 2.65. The summed E-state index contributed by atoms with van der Waals surface area (Å²) in [6.07, 6.45) is 0. The highest BCUT2D eigenvalue weighted by Gasteiger charge is 2.17. The Labute approximate surface area is 179 Å². The fourth-order valence-electron chi connectivity index (χ4n) is 2.44. The van der Waals surface area contributed by atoms with Gasteiger partial charge in [0.05, 0.1) is 15.5 Å². The lowest BCUT2D eigenvalue weighted by Crippen LogP contribution is -2.15. The number of benzene rings is 3. The predicted molar refractivity (Wildman–Crippen MR) is 116 cm³/mol. The first-order valence-electron chi connectivity index (χ1n) is 8.24. The van der Waals surface area contributed by atoms with Crippen molar-refractivity contribution in [3.8, 4) is 0 Å². The van der Waals surface area contributed by atoms with Crippen LogP contribution in [-0.4, -0.2) is 16.8 Å². The monoisotopic (exact) mass is 470 g/mol. The highest BCUT2D eigenvalue weighted by atomic mass is 35.5. The van der Waals surface area contributed by atoms with Gasteiger partial charge < -0.3 is 0 Å². The molecule has 3 rings (SSSR count). The molecule has 0 aliphatic heterocycles. The normalized spacial score (nSPS) is 11.8. The summed E-state index contributed by atoms with van der Waals surface area (Å²) >= 11 is 11.7. The zero-order chi connectivity index (χ0) is 21.2. The van der Waals surface area contributed by atoms with Gasteiger partial charge in [-0.1, -0.05) is 29.3 Å². The van der Waals surface area contributed by atoms with Crippen molar-refractivity contribution in [3.05, 3.63) is 82.3 Å². The quantitative estimate of drug-likeness (QED) is 0.535. The average molecular weight is 471 g/mol. The molecule has 0 amide bonds. The van der Waals surface area contributed by atoms with Gasteiger partial charge in [-0.25, -0.2) is 16.8 Å². The molecule has 3 aromatic carbocycles. The Morgan fingerprint density at radius 2 is 1.14 bits per heavy atom. The number of aryl methyl sites for hydroxylation is 1. The van der Waals surface area contributed by atoms with Gasteiger partial charge in [-0.2, -0.15) is 0 Å². The minimum absolute atomic E-state index is 0.0219. The van der Waals surface area contributed by atoms with Crippen LogP contribution >= 0.6 is 23.2 Å². The van der Waals surface area contributed by atoms with Crippen molar-refractivity contribution in [3.63, 3.8) is 0 Å². The Kier molecular flexibility index (Phi) is 6.09. The van der Waals surface area contributed by atoms with E-state index in [2.05, 4.69) is 9.44 Å². The number of halogens is 2. The van der Waals surface area contributed by atoms with Crippen LogP contribution in [0.1, 0.15) is 5.56 Å². The molecule has 3 aromatic rings. The van der Waals surface area contributed by atoms with Crippen molar-refractivity contribution in [1.82, 2.24) is 0 Å². The minimum Gasteiger partial charge on any atom is -0.280 e. The molecule has 6 nitrogen and oxygen atoms in total. The van der Waals surface area contributed by atoms with Gasteiger partial charge in [0.25, 0.3) is 20.0 Å². The van der Waals surface area contributed by atoms with Gasteiger partial charge in [-0.15, -0.1) is 0 Å². The summed E-state index contributed by atoms with van der Waals surface area (Å²) in [6, 6.07) is 15.9. The first kappa shape index (κ1) is 21.4. The van der Waals surface area contributed by atoms with Gasteiger partial charge in [0, 0.05) is 15.7 Å². The molecule has 0 bridgehead atoms. The van der Waals surface area contributed by atoms with Crippen molar-refractivity contribution in [1.29, 1.82) is 0 Å². The molecule has 2 N–H and O–H groups in total. The Morgan fingerprint density at radius 1 is 0.655 bits per heavy atom. The number of rotatable bonds is 6. The lowest BCUT2D eigenvalue weighted by Gasteiger charge is -2.12. The summed E-state index contributed by atoms with van der Waals surface area (Å²) in [5.41, 5.74) is 1.30. The molecule has 0 aliphatic carbocycles. The van der Waals surface area contributed by atoms with E-state index in [0.29, 0.717) is 21.3 Å². The van der Waals surface area contributed by atoms with Crippen molar-refractivity contribution in [2.75, 3.05) is 9.44 Å². The van der Waals surface area contributed by atoms with Gasteiger partial charge in [0.2, 0.25) is 0 Å². The highest BCUT2D eigenvalue weighted by molar-refractivity contribution is 7.93. The van der Waals surface area contributed by atoms with Crippen LogP contribution in [0.15, 0.2) is 76.5 Å². The molecular formula is C19H16Cl2N2O4S2. The summed E-state index contributed by atoms with van der Waals surface area (Å²) < 4.78 is 54.9. The highest BCUT2D eigenvalue weighted by Crippen LogP contribution is 2.25. The molecule has 0 heterocycles. The Balaban J connectivity index is 1.80. The maximum Gasteiger partial charge on any atom is 0.261 e. The number of anilines is 2. The van der Waals surface area contributed by atoms with Gasteiger partial charge in [-0.3, -0.25) is 9.44 Å². The van der Waals surface area contributed by atoms with E-state index in [1.807, 2.05) is 0 Å². The first-order valence-corrected chi connectivity index (χ1v) is 12.0. The van der Waals surface area contributed by atoms with Crippen molar-refractivity contribution >= 4 is 54.6 Å². The summed E-state index contributed by atoms with van der Waals surface area (Å²) in [6.45, 7) is 1.75. The van der Waals surface area contributed by atoms with Gasteiger partial charge >= 0.3 is 0 Å². The summed E-state index contributed by atoms with van der Waals surface area (Å²) in [4.78, 5) is 0.0167. The second-order valence-corrected chi connectivity index (χ2v) is 10.4. The molecule has 0 unspecified atom stereocenters. The van der Waals surface area contributed by atoms with E-state index in [-0.39, 0.29) is 15.5 Å². The van der Waals surface area contributed by atoms with Crippen LogP contribution in [0.2, 0.25) is 10.0 Å². The van der Waals surface area contributed by atoms with Gasteiger partial charge in [0.15, 0.2) is 0 Å². The van der Waals surface area contributed by atoms with E-state index in [1.54, 1.807) is 19.1 Å². The van der Waals surface area contributed by atoms with Crippen LogP contribution in [0.5, 0.6) is 0 Å². The SMILES string of the molecule is Cc1ccc(Cl)cc1NS(=O)(=O)c1ccc(NS(=O)(=O)c2ccc(Cl)cc2)cc1. The Morgan fingerprint density at radius 3 is 1.72 bits per heavy atom. The van der Waals surface area contributed by atoms with Crippen molar-refractivity contribution in [2.24, 2.45) is 0 Å². The molecule has 0 fully saturated rings. The van der Waals surface area contributed by atoms with E-state index in [0.717, 1.165) is 0 Å². The van der Waals surface area contributed by atoms with Crippen LogP contribution in [0.25, 0.3) is 0 Å². The molecule has 0 saturated carbocycles. The van der Waals surface area contributed by atoms with Gasteiger partial charge in [0.1, 0.15) is 0 Å². The molecule has 0 radical (unpaired) electrons. The molecule has 29 heavy (non-hydrogen) atoms. The molecule has 0 aromatic heterocycles. The van der Waals surface area contributed by atoms with Gasteiger partial charge in [-0.05, 0) is 73.2 Å². The van der Waals surface area contributed by atoms with Crippen LogP contribution in [0.3, 0.4) is 0 Å². The summed E-state index contributed by atoms with van der Waals surface area (Å²) in [5, 5.41) is 0.821. The van der Waals surface area contributed by atoms with Crippen molar-refractivity contribution < 1.29 is 16.8 Å². The molecule has 0 atom stereocenters. The number of sulfonamides is 2. The Bertz CT molecular complexity index is 1240. The van der Waals surface area contributed by atoms with E-state index in [1.165, 1.54) is 54.6 Å². The maximum absolute atomic E-state index is 12.6. The topological polar surface area (TPSA) is 92.3 Å².